The molecule has 0 aliphatic carbocycles. The van der Waals surface area contributed by atoms with Crippen molar-refractivity contribution in [3.63, 3.8) is 0 Å². The Hall–Kier alpha value is -2.28. The monoisotopic (exact) mass is 314 g/mol. The van der Waals surface area contributed by atoms with E-state index in [4.69, 9.17) is 21.8 Å². The Morgan fingerprint density at radius 2 is 1.71 bits per heavy atom. The number of urea groups is 1. The fourth-order valence-corrected chi connectivity index (χ4v) is 2.01. The quantitative estimate of drug-likeness (QED) is 0.739. The second-order valence-corrected chi connectivity index (χ2v) is 4.74. The maximum atomic E-state index is 12.0. The lowest BCUT2D eigenvalue weighted by Gasteiger charge is -2.22. The Kier molecular flexibility index (Phi) is 5.98. The SMILES string of the molecule is CC(NC(=O)N(CC(=O)O)CC(=O)O)c1ccccc1Cl. The van der Waals surface area contributed by atoms with Crippen LogP contribution in [0.3, 0.4) is 0 Å². The number of nitrogens with one attached hydrogen (secondary N) is 1. The number of carbonyl (C=O) groups is 3. The summed E-state index contributed by atoms with van der Waals surface area (Å²) >= 11 is 6.00. The normalized spacial score (nSPS) is 11.5. The van der Waals surface area contributed by atoms with Gasteiger partial charge >= 0.3 is 18.0 Å². The van der Waals surface area contributed by atoms with Crippen molar-refractivity contribution < 1.29 is 24.6 Å². The summed E-state index contributed by atoms with van der Waals surface area (Å²) in [5.74, 6) is -2.59. The molecule has 1 aromatic carbocycles. The van der Waals surface area contributed by atoms with Crippen LogP contribution in [0.1, 0.15) is 18.5 Å². The molecule has 0 aliphatic rings. The molecule has 0 bridgehead atoms. The van der Waals surface area contributed by atoms with Gasteiger partial charge in [0, 0.05) is 5.02 Å². The smallest absolute Gasteiger partial charge is 0.323 e. The van der Waals surface area contributed by atoms with E-state index in [0.717, 1.165) is 0 Å². The molecule has 7 nitrogen and oxygen atoms in total. The number of benzene rings is 1. The number of hydrogen-bond acceptors (Lipinski definition) is 3. The van der Waals surface area contributed by atoms with Crippen LogP contribution in [0.2, 0.25) is 5.02 Å². The molecule has 1 aromatic rings. The molecule has 1 atom stereocenters. The molecule has 0 heterocycles. The predicted molar refractivity (Wildman–Crippen MR) is 75.2 cm³/mol. The third-order valence-electron chi connectivity index (χ3n) is 2.65. The van der Waals surface area contributed by atoms with Crippen LogP contribution in [0, 0.1) is 0 Å². The Labute approximate surface area is 126 Å². The number of rotatable bonds is 6. The largest absolute Gasteiger partial charge is 0.480 e. The Bertz CT molecular complexity index is 533. The van der Waals surface area contributed by atoms with E-state index in [9.17, 15) is 14.4 Å². The minimum absolute atomic E-state index is 0.452. The first kappa shape index (κ1) is 16.8. The highest BCUT2D eigenvalue weighted by Crippen LogP contribution is 2.22. The molecule has 1 unspecified atom stereocenters. The number of carbonyl (C=O) groups excluding carboxylic acids is 1. The zero-order chi connectivity index (χ0) is 16.0. The molecule has 0 saturated carbocycles. The molecule has 8 heteroatoms. The van der Waals surface area contributed by atoms with E-state index in [1.807, 2.05) is 0 Å². The highest BCUT2D eigenvalue weighted by molar-refractivity contribution is 6.31. The van der Waals surface area contributed by atoms with E-state index in [2.05, 4.69) is 5.32 Å². The summed E-state index contributed by atoms with van der Waals surface area (Å²) < 4.78 is 0. The number of carboxylic acids is 2. The molecule has 21 heavy (non-hydrogen) atoms. The highest BCUT2D eigenvalue weighted by atomic mass is 35.5. The summed E-state index contributed by atoms with van der Waals surface area (Å²) in [4.78, 5) is 34.0. The van der Waals surface area contributed by atoms with Gasteiger partial charge in [0.05, 0.1) is 6.04 Å². The lowest BCUT2D eigenvalue weighted by Crippen LogP contribution is -2.46. The molecule has 0 fully saturated rings. The van der Waals surface area contributed by atoms with E-state index >= 15 is 0 Å². The summed E-state index contributed by atoms with van der Waals surface area (Å²) in [5, 5.41) is 20.4. The zero-order valence-corrected chi connectivity index (χ0v) is 12.0. The van der Waals surface area contributed by atoms with Crippen molar-refractivity contribution in [3.05, 3.63) is 34.9 Å². The van der Waals surface area contributed by atoms with Crippen LogP contribution in [0.5, 0.6) is 0 Å². The standard InChI is InChI=1S/C13H15ClN2O5/c1-8(9-4-2-3-5-10(9)14)15-13(21)16(6-11(17)18)7-12(19)20/h2-5,8H,6-7H2,1H3,(H,15,21)(H,17,18)(H,19,20). The van der Waals surface area contributed by atoms with Crippen molar-refractivity contribution in [3.8, 4) is 0 Å². The topological polar surface area (TPSA) is 107 Å². The molecule has 0 radical (unpaired) electrons. The van der Waals surface area contributed by atoms with E-state index in [1.54, 1.807) is 31.2 Å². The lowest BCUT2D eigenvalue weighted by molar-refractivity contribution is -0.140. The second-order valence-electron chi connectivity index (χ2n) is 4.34. The summed E-state index contributed by atoms with van der Waals surface area (Å²) in [7, 11) is 0. The first-order valence-electron chi connectivity index (χ1n) is 6.04. The fraction of sp³-hybridized carbons (Fsp3) is 0.308. The first-order valence-corrected chi connectivity index (χ1v) is 6.42. The Morgan fingerprint density at radius 3 is 2.19 bits per heavy atom. The van der Waals surface area contributed by atoms with Crippen LogP contribution in [0.4, 0.5) is 4.79 Å². The molecule has 0 aromatic heterocycles. The minimum atomic E-state index is -1.29. The third kappa shape index (κ3) is 5.31. The van der Waals surface area contributed by atoms with Crippen molar-refractivity contribution in [2.75, 3.05) is 13.1 Å². The molecule has 0 aliphatic heterocycles. The molecule has 2 amide bonds. The zero-order valence-electron chi connectivity index (χ0n) is 11.2. The number of carboxylic acid groups (broad SMARTS) is 2. The van der Waals surface area contributed by atoms with Gasteiger partial charge in [-0.2, -0.15) is 0 Å². The summed E-state index contributed by atoms with van der Waals surface area (Å²) in [6, 6.07) is 5.58. The lowest BCUT2D eigenvalue weighted by atomic mass is 10.1. The van der Waals surface area contributed by atoms with Crippen LogP contribution in [-0.4, -0.2) is 46.2 Å². The molecule has 1 rings (SSSR count). The highest BCUT2D eigenvalue weighted by Gasteiger charge is 2.22. The van der Waals surface area contributed by atoms with Gasteiger partial charge in [0.2, 0.25) is 0 Å². The number of amides is 2. The maximum Gasteiger partial charge on any atom is 0.323 e. The molecular formula is C13H15ClN2O5. The molecule has 114 valence electrons. The van der Waals surface area contributed by atoms with Gasteiger partial charge in [-0.3, -0.25) is 9.59 Å². The van der Waals surface area contributed by atoms with Crippen LogP contribution in [0.15, 0.2) is 24.3 Å². The summed E-state index contributed by atoms with van der Waals surface area (Å²) in [6.07, 6.45) is 0. The average Bonchev–Trinajstić information content (AvgIpc) is 2.37. The van der Waals surface area contributed by atoms with Crippen molar-refractivity contribution in [1.29, 1.82) is 0 Å². The third-order valence-corrected chi connectivity index (χ3v) is 3.00. The van der Waals surface area contributed by atoms with Crippen LogP contribution >= 0.6 is 11.6 Å². The van der Waals surface area contributed by atoms with Crippen LogP contribution < -0.4 is 5.32 Å². The van der Waals surface area contributed by atoms with Crippen LogP contribution in [-0.2, 0) is 9.59 Å². The van der Waals surface area contributed by atoms with E-state index < -0.39 is 37.1 Å². The number of nitrogens with zero attached hydrogens (tertiary/aromatic N) is 1. The van der Waals surface area contributed by atoms with Crippen LogP contribution in [0.25, 0.3) is 0 Å². The minimum Gasteiger partial charge on any atom is -0.480 e. The number of aliphatic carboxylic acids is 2. The molecule has 3 N–H and O–H groups in total. The van der Waals surface area contributed by atoms with Gasteiger partial charge in [-0.1, -0.05) is 29.8 Å². The Morgan fingerprint density at radius 1 is 1.19 bits per heavy atom. The summed E-state index contributed by atoms with van der Waals surface area (Å²) in [6.45, 7) is 0.263. The van der Waals surface area contributed by atoms with Gasteiger partial charge in [-0.25, -0.2) is 4.79 Å². The first-order chi connectivity index (χ1) is 9.81. The molecule has 0 spiro atoms. The van der Waals surface area contributed by atoms with Crippen molar-refractivity contribution >= 4 is 29.6 Å². The fourth-order valence-electron chi connectivity index (χ4n) is 1.71. The van der Waals surface area contributed by atoms with Crippen molar-refractivity contribution in [1.82, 2.24) is 10.2 Å². The molecule has 0 saturated heterocycles. The average molecular weight is 315 g/mol. The Balaban J connectivity index is 2.78. The predicted octanol–water partition coefficient (Wildman–Crippen LogP) is 1.58. The second kappa shape index (κ2) is 7.49. The van der Waals surface area contributed by atoms with Gasteiger partial charge in [0.1, 0.15) is 13.1 Å². The van der Waals surface area contributed by atoms with Crippen molar-refractivity contribution in [2.24, 2.45) is 0 Å². The van der Waals surface area contributed by atoms with E-state index in [0.29, 0.717) is 15.5 Å². The van der Waals surface area contributed by atoms with Gasteiger partial charge in [-0.05, 0) is 18.6 Å². The van der Waals surface area contributed by atoms with Gasteiger partial charge in [0.15, 0.2) is 0 Å². The van der Waals surface area contributed by atoms with Gasteiger partial charge in [0.25, 0.3) is 0 Å². The number of hydrogen-bond donors (Lipinski definition) is 3. The van der Waals surface area contributed by atoms with Gasteiger partial charge < -0.3 is 20.4 Å². The number of halogens is 1. The van der Waals surface area contributed by atoms with E-state index in [-0.39, 0.29) is 0 Å². The maximum absolute atomic E-state index is 12.0. The van der Waals surface area contributed by atoms with E-state index in [1.165, 1.54) is 0 Å². The molecular weight excluding hydrogens is 300 g/mol. The van der Waals surface area contributed by atoms with Gasteiger partial charge in [-0.15, -0.1) is 0 Å². The van der Waals surface area contributed by atoms with Crippen molar-refractivity contribution in [2.45, 2.75) is 13.0 Å². The summed E-state index contributed by atoms with van der Waals surface area (Å²) in [5.41, 5.74) is 0.651.